The quantitative estimate of drug-likeness (QED) is 0.612. The Hall–Kier alpha value is -0.260. The lowest BCUT2D eigenvalue weighted by Gasteiger charge is -2.19. The van der Waals surface area contributed by atoms with Crippen molar-refractivity contribution in [1.29, 1.82) is 0 Å². The van der Waals surface area contributed by atoms with E-state index in [0.29, 0.717) is 0 Å². The summed E-state index contributed by atoms with van der Waals surface area (Å²) in [4.78, 5) is 0. The van der Waals surface area contributed by atoms with Crippen LogP contribution in [0.15, 0.2) is 0 Å². The minimum absolute atomic E-state index is 0.503. The first kappa shape index (κ1) is 10.7. The van der Waals surface area contributed by atoms with E-state index in [4.69, 9.17) is 5.73 Å². The van der Waals surface area contributed by atoms with Crippen molar-refractivity contribution in [2.75, 3.05) is 20.8 Å². The molecule has 0 saturated carbocycles. The van der Waals surface area contributed by atoms with Gasteiger partial charge in [0.05, 0.1) is 13.0 Å². The van der Waals surface area contributed by atoms with E-state index >= 15 is 0 Å². The molecule has 0 radical (unpaired) electrons. The Kier molecular flexibility index (Phi) is 4.48. The van der Waals surface area contributed by atoms with Crippen molar-refractivity contribution < 1.29 is 18.3 Å². The van der Waals surface area contributed by atoms with Gasteiger partial charge >= 0.3 is 0 Å². The summed E-state index contributed by atoms with van der Waals surface area (Å²) in [5, 5.41) is 0. The van der Waals surface area contributed by atoms with Crippen LogP contribution in [0.4, 0.5) is 8.78 Å². The molecule has 0 aromatic rings. The van der Waals surface area contributed by atoms with Crippen molar-refractivity contribution >= 4 is 0 Å². The Morgan fingerprint density at radius 3 is 2.09 bits per heavy atom. The van der Waals surface area contributed by atoms with Crippen LogP contribution in [0.5, 0.6) is 0 Å². The van der Waals surface area contributed by atoms with Gasteiger partial charge in [0.2, 0.25) is 0 Å². The van der Waals surface area contributed by atoms with E-state index in [1.165, 1.54) is 14.2 Å². The fraction of sp³-hybridized carbons (Fsp3) is 1.00. The molecule has 5 heteroatoms. The van der Waals surface area contributed by atoms with Crippen LogP contribution >= 0.6 is 0 Å². The van der Waals surface area contributed by atoms with Crippen LogP contribution in [0.1, 0.15) is 6.42 Å². The summed E-state index contributed by atoms with van der Waals surface area (Å²) in [6.07, 6.45) is -1.38. The summed E-state index contributed by atoms with van der Waals surface area (Å²) in [5.74, 6) is -2.91. The third-order valence-corrected chi connectivity index (χ3v) is 1.29. The zero-order valence-electron chi connectivity index (χ0n) is 6.64. The van der Waals surface area contributed by atoms with Gasteiger partial charge in [0.25, 0.3) is 5.92 Å². The second-order valence-corrected chi connectivity index (χ2v) is 2.17. The van der Waals surface area contributed by atoms with Crippen LogP contribution < -0.4 is 5.73 Å². The van der Waals surface area contributed by atoms with Gasteiger partial charge in [-0.25, -0.2) is 8.78 Å². The average molecular weight is 169 g/mol. The molecule has 0 saturated heterocycles. The molecule has 0 atom stereocenters. The summed E-state index contributed by atoms with van der Waals surface area (Å²) < 4.78 is 34.1. The van der Waals surface area contributed by atoms with E-state index in [-0.39, 0.29) is 0 Å². The minimum Gasteiger partial charge on any atom is -0.356 e. The largest absolute Gasteiger partial charge is 0.356 e. The number of methoxy groups -OCH3 is 2. The Labute approximate surface area is 64.5 Å². The molecule has 0 unspecified atom stereocenters. The van der Waals surface area contributed by atoms with Crippen LogP contribution in [0.2, 0.25) is 0 Å². The first-order valence-electron chi connectivity index (χ1n) is 3.19. The predicted octanol–water partition coefficient (Wildman–Crippen LogP) is 0.589. The molecule has 0 aliphatic heterocycles. The fourth-order valence-corrected chi connectivity index (χ4v) is 0.590. The summed E-state index contributed by atoms with van der Waals surface area (Å²) in [6.45, 7) is -0.684. The molecular weight excluding hydrogens is 156 g/mol. The van der Waals surface area contributed by atoms with Crippen molar-refractivity contribution in [1.82, 2.24) is 0 Å². The third kappa shape index (κ3) is 4.23. The molecule has 11 heavy (non-hydrogen) atoms. The van der Waals surface area contributed by atoms with E-state index in [2.05, 4.69) is 9.47 Å². The molecule has 0 rings (SSSR count). The van der Waals surface area contributed by atoms with Gasteiger partial charge in [-0.05, 0) is 0 Å². The first-order valence-corrected chi connectivity index (χ1v) is 3.19. The average Bonchev–Trinajstić information content (AvgIpc) is 2.00. The van der Waals surface area contributed by atoms with Crippen molar-refractivity contribution in [3.8, 4) is 0 Å². The molecule has 0 bridgehead atoms. The lowest BCUT2D eigenvalue weighted by Crippen LogP contribution is -2.33. The number of hydrogen-bond donors (Lipinski definition) is 1. The Bertz CT molecular complexity index is 107. The monoisotopic (exact) mass is 169 g/mol. The minimum atomic E-state index is -2.91. The second-order valence-electron chi connectivity index (χ2n) is 2.17. The molecule has 2 N–H and O–H groups in total. The maximum absolute atomic E-state index is 12.5. The molecule has 0 spiro atoms. The molecule has 0 aromatic heterocycles. The summed E-state index contributed by atoms with van der Waals surface area (Å²) in [6, 6.07) is 0. The molecule has 0 aromatic carbocycles. The molecule has 0 heterocycles. The lowest BCUT2D eigenvalue weighted by atomic mass is 10.2. The standard InChI is InChI=1S/C6H13F2NO2/c1-10-5(11-2)3-6(7,8)4-9/h5H,3-4,9H2,1-2H3. The van der Waals surface area contributed by atoms with Crippen LogP contribution in [0, 0.1) is 0 Å². The maximum Gasteiger partial charge on any atom is 0.264 e. The third-order valence-electron chi connectivity index (χ3n) is 1.29. The molecule has 0 amide bonds. The molecular formula is C6H13F2NO2. The van der Waals surface area contributed by atoms with Crippen LogP contribution in [0.25, 0.3) is 0 Å². The maximum atomic E-state index is 12.5. The Morgan fingerprint density at radius 1 is 1.36 bits per heavy atom. The Morgan fingerprint density at radius 2 is 1.82 bits per heavy atom. The molecule has 0 aliphatic rings. The molecule has 68 valence electrons. The highest BCUT2D eigenvalue weighted by Crippen LogP contribution is 2.19. The van der Waals surface area contributed by atoms with E-state index in [0.717, 1.165) is 0 Å². The van der Waals surface area contributed by atoms with Crippen molar-refractivity contribution in [3.05, 3.63) is 0 Å². The highest BCUT2D eigenvalue weighted by atomic mass is 19.3. The fourth-order valence-electron chi connectivity index (χ4n) is 0.590. The highest BCUT2D eigenvalue weighted by molar-refractivity contribution is 4.68. The smallest absolute Gasteiger partial charge is 0.264 e. The van der Waals surface area contributed by atoms with Gasteiger partial charge in [-0.3, -0.25) is 0 Å². The number of nitrogens with two attached hydrogens (primary N) is 1. The number of hydrogen-bond acceptors (Lipinski definition) is 3. The Balaban J connectivity index is 3.79. The van der Waals surface area contributed by atoms with E-state index in [1.807, 2.05) is 0 Å². The molecule has 0 fully saturated rings. The second kappa shape index (κ2) is 4.58. The van der Waals surface area contributed by atoms with Gasteiger partial charge in [0, 0.05) is 14.2 Å². The summed E-state index contributed by atoms with van der Waals surface area (Å²) >= 11 is 0. The van der Waals surface area contributed by atoms with E-state index in [9.17, 15) is 8.78 Å². The van der Waals surface area contributed by atoms with Crippen molar-refractivity contribution in [2.45, 2.75) is 18.6 Å². The topological polar surface area (TPSA) is 44.5 Å². The number of ether oxygens (including phenoxy) is 2. The van der Waals surface area contributed by atoms with Gasteiger partial charge in [0.15, 0.2) is 6.29 Å². The van der Waals surface area contributed by atoms with Crippen molar-refractivity contribution in [2.24, 2.45) is 5.73 Å². The van der Waals surface area contributed by atoms with Crippen molar-refractivity contribution in [3.63, 3.8) is 0 Å². The lowest BCUT2D eigenvalue weighted by molar-refractivity contribution is -0.152. The first-order chi connectivity index (χ1) is 5.05. The van der Waals surface area contributed by atoms with Gasteiger partial charge in [-0.15, -0.1) is 0 Å². The normalized spacial score (nSPS) is 12.5. The van der Waals surface area contributed by atoms with Gasteiger partial charge < -0.3 is 15.2 Å². The zero-order valence-corrected chi connectivity index (χ0v) is 6.64. The number of halogens is 2. The van der Waals surface area contributed by atoms with Crippen LogP contribution in [-0.4, -0.2) is 33.0 Å². The number of rotatable bonds is 5. The van der Waals surface area contributed by atoms with Crippen LogP contribution in [0.3, 0.4) is 0 Å². The SMILES string of the molecule is COC(CC(F)(F)CN)OC. The van der Waals surface area contributed by atoms with Gasteiger partial charge in [-0.1, -0.05) is 0 Å². The van der Waals surface area contributed by atoms with Crippen LogP contribution in [-0.2, 0) is 9.47 Å². The zero-order chi connectivity index (χ0) is 8.91. The van der Waals surface area contributed by atoms with Gasteiger partial charge in [0.1, 0.15) is 0 Å². The highest BCUT2D eigenvalue weighted by Gasteiger charge is 2.31. The van der Waals surface area contributed by atoms with E-state index < -0.39 is 25.2 Å². The van der Waals surface area contributed by atoms with Gasteiger partial charge in [-0.2, -0.15) is 0 Å². The predicted molar refractivity (Wildman–Crippen MR) is 36.4 cm³/mol. The van der Waals surface area contributed by atoms with E-state index in [1.54, 1.807) is 0 Å². The number of alkyl halides is 2. The molecule has 0 aliphatic carbocycles. The summed E-state index contributed by atoms with van der Waals surface area (Å²) in [5.41, 5.74) is 4.80. The summed E-state index contributed by atoms with van der Waals surface area (Å²) in [7, 11) is 2.61. The molecule has 3 nitrogen and oxygen atoms in total.